The van der Waals surface area contributed by atoms with E-state index in [-0.39, 0.29) is 10.4 Å². The average Bonchev–Trinajstić information content (AvgIpc) is 3.36. The molecule has 0 bridgehead atoms. The fraction of sp³-hybridized carbons (Fsp3) is 0.529. The van der Waals surface area contributed by atoms with E-state index in [9.17, 15) is 15.2 Å². The van der Waals surface area contributed by atoms with Gasteiger partial charge < -0.3 is 19.7 Å². The molecule has 8 heteroatoms. The molecule has 0 atom stereocenters. The molecule has 2 aromatic carbocycles. The Morgan fingerprint density at radius 3 is 2.29 bits per heavy atom. The number of ether oxygens (including phenoxy) is 1. The topological polar surface area (TPSA) is 92.6 Å². The number of piperidine rings is 1. The van der Waals surface area contributed by atoms with Gasteiger partial charge in [-0.3, -0.25) is 4.90 Å². The second kappa shape index (κ2) is 13.1. The van der Waals surface area contributed by atoms with Crippen molar-refractivity contribution < 1.29 is 14.6 Å². The summed E-state index contributed by atoms with van der Waals surface area (Å²) in [6.07, 6.45) is 3.23. The monoisotopic (exact) mass is 592 g/mol. The molecule has 1 aromatic heterocycles. The van der Waals surface area contributed by atoms with Crippen molar-refractivity contribution in [2.75, 3.05) is 44.3 Å². The highest BCUT2D eigenvalue weighted by molar-refractivity contribution is 6.23. The summed E-state index contributed by atoms with van der Waals surface area (Å²) in [4.78, 5) is 20.8. The van der Waals surface area contributed by atoms with Gasteiger partial charge >= 0.3 is 5.97 Å². The van der Waals surface area contributed by atoms with Crippen molar-refractivity contribution in [2.24, 2.45) is 0 Å². The van der Waals surface area contributed by atoms with Crippen LogP contribution < -0.4 is 4.90 Å². The number of fused-ring (bicyclic) bond motifs is 1. The van der Waals surface area contributed by atoms with Gasteiger partial charge in [-0.25, -0.2) is 4.79 Å². The SMILES string of the molecule is CC(C)(C)Cl.CCc1ccc(C(C)(C)c2[nH]c3cc(C#N)ccc3c2C(=O)O)cc1N1CCC(N2CCOCC2)CC1. The van der Waals surface area contributed by atoms with Gasteiger partial charge in [-0.1, -0.05) is 39.0 Å². The number of anilines is 1. The molecule has 2 aliphatic heterocycles. The fourth-order valence-corrected chi connectivity index (χ4v) is 6.06. The molecule has 3 aromatic rings. The molecule has 7 nitrogen and oxygen atoms in total. The largest absolute Gasteiger partial charge is 0.478 e. The van der Waals surface area contributed by atoms with Crippen molar-refractivity contribution in [2.45, 2.75) is 77.1 Å². The molecule has 3 heterocycles. The highest BCUT2D eigenvalue weighted by Crippen LogP contribution is 2.39. The molecule has 5 rings (SSSR count). The maximum absolute atomic E-state index is 12.4. The number of carbonyl (C=O) groups is 1. The third-order valence-corrected chi connectivity index (χ3v) is 8.32. The lowest BCUT2D eigenvalue weighted by molar-refractivity contribution is 0.0115. The maximum Gasteiger partial charge on any atom is 0.338 e. The number of aromatic nitrogens is 1. The molecule has 0 radical (unpaired) electrons. The van der Waals surface area contributed by atoms with Crippen LogP contribution in [-0.4, -0.2) is 71.3 Å². The van der Waals surface area contributed by atoms with Gasteiger partial charge in [0.05, 0.1) is 30.4 Å². The number of hydrogen-bond acceptors (Lipinski definition) is 5. The first-order valence-electron chi connectivity index (χ1n) is 15.0. The predicted octanol–water partition coefficient (Wildman–Crippen LogP) is 6.95. The third-order valence-electron chi connectivity index (χ3n) is 8.32. The standard InChI is InChI=1S/C30H36N4O3.C4H9Cl/c1-4-21-6-7-22(18-26(21)34-11-9-23(10-12-34)33-13-15-37-16-14-33)30(2,3)28-27(29(35)36)24-8-5-20(19-31)17-25(24)32-28;1-4(2,3)5/h5-8,17-18,23,32H,4,9-16H2,1-3H3,(H,35,36);1-3H3. The van der Waals surface area contributed by atoms with Gasteiger partial charge in [0.1, 0.15) is 0 Å². The van der Waals surface area contributed by atoms with Crippen LogP contribution in [0.1, 0.15) is 87.1 Å². The van der Waals surface area contributed by atoms with Crippen molar-refractivity contribution >= 4 is 34.2 Å². The van der Waals surface area contributed by atoms with E-state index < -0.39 is 11.4 Å². The first-order chi connectivity index (χ1) is 19.8. The second-order valence-corrected chi connectivity index (χ2v) is 13.9. The molecule has 2 fully saturated rings. The second-order valence-electron chi connectivity index (χ2n) is 12.8. The van der Waals surface area contributed by atoms with Gasteiger partial charge in [0, 0.05) is 64.8 Å². The van der Waals surface area contributed by atoms with Gasteiger partial charge in [0.15, 0.2) is 0 Å². The fourth-order valence-electron chi connectivity index (χ4n) is 6.06. The van der Waals surface area contributed by atoms with Crippen molar-refractivity contribution in [3.05, 3.63) is 64.3 Å². The Bertz CT molecular complexity index is 1430. The van der Waals surface area contributed by atoms with Crippen LogP contribution in [0, 0.1) is 11.3 Å². The number of nitrogens with one attached hydrogen (secondary N) is 1. The van der Waals surface area contributed by atoms with E-state index in [0.29, 0.717) is 28.2 Å². The molecule has 2 aliphatic rings. The van der Waals surface area contributed by atoms with Gasteiger partial charge in [-0.2, -0.15) is 5.26 Å². The number of aromatic carboxylic acids is 1. The molecule has 0 spiro atoms. The van der Waals surface area contributed by atoms with Gasteiger partial charge in [0.25, 0.3) is 0 Å². The summed E-state index contributed by atoms with van der Waals surface area (Å²) < 4.78 is 5.54. The Morgan fingerprint density at radius 2 is 1.71 bits per heavy atom. The summed E-state index contributed by atoms with van der Waals surface area (Å²) >= 11 is 5.53. The number of halogens is 1. The minimum atomic E-state index is -0.963. The number of hydrogen-bond donors (Lipinski definition) is 2. The molecule has 226 valence electrons. The first-order valence-corrected chi connectivity index (χ1v) is 15.4. The summed E-state index contributed by atoms with van der Waals surface area (Å²) in [6.45, 7) is 18.0. The number of aryl methyl sites for hydroxylation is 1. The lowest BCUT2D eigenvalue weighted by Crippen LogP contribution is -2.49. The van der Waals surface area contributed by atoms with Gasteiger partial charge in [0.2, 0.25) is 0 Å². The van der Waals surface area contributed by atoms with Crippen LogP contribution in [-0.2, 0) is 16.6 Å². The summed E-state index contributed by atoms with van der Waals surface area (Å²) in [6, 6.07) is 14.5. The number of morpholine rings is 1. The van der Waals surface area contributed by atoms with Crippen LogP contribution in [0.15, 0.2) is 36.4 Å². The molecule has 42 heavy (non-hydrogen) atoms. The Labute approximate surface area is 255 Å². The van der Waals surface area contributed by atoms with E-state index in [0.717, 1.165) is 64.2 Å². The minimum Gasteiger partial charge on any atom is -0.478 e. The predicted molar refractivity (Wildman–Crippen MR) is 171 cm³/mol. The van der Waals surface area contributed by atoms with Crippen LogP contribution in [0.25, 0.3) is 10.9 Å². The molecule has 0 saturated carbocycles. The minimum absolute atomic E-state index is 0.0278. The lowest BCUT2D eigenvalue weighted by Gasteiger charge is -2.41. The quantitative estimate of drug-likeness (QED) is 0.301. The first kappa shape index (κ1) is 31.9. The number of rotatable bonds is 6. The highest BCUT2D eigenvalue weighted by Gasteiger charge is 2.33. The molecular weight excluding hydrogens is 548 g/mol. The zero-order valence-electron chi connectivity index (χ0n) is 25.9. The summed E-state index contributed by atoms with van der Waals surface area (Å²) in [5.74, 6) is -0.963. The van der Waals surface area contributed by atoms with E-state index >= 15 is 0 Å². The number of H-pyrrole nitrogens is 1. The number of nitrogens with zero attached hydrogens (tertiary/aromatic N) is 3. The molecular formula is C34H45ClN4O3. The Balaban J connectivity index is 0.000000748. The highest BCUT2D eigenvalue weighted by atomic mass is 35.5. The molecule has 0 amide bonds. The summed E-state index contributed by atoms with van der Waals surface area (Å²) in [5, 5.41) is 20.1. The van der Waals surface area contributed by atoms with E-state index in [1.807, 2.05) is 20.8 Å². The molecule has 2 N–H and O–H groups in total. The lowest BCUT2D eigenvalue weighted by atomic mass is 9.78. The Kier molecular flexibility index (Phi) is 9.92. The van der Waals surface area contributed by atoms with Crippen LogP contribution in [0.2, 0.25) is 0 Å². The number of aromatic amines is 1. The van der Waals surface area contributed by atoms with Crippen molar-refractivity contribution in [3.63, 3.8) is 0 Å². The van der Waals surface area contributed by atoms with Crippen LogP contribution in [0.4, 0.5) is 5.69 Å². The molecule has 0 aliphatic carbocycles. The Hall–Kier alpha value is -3.05. The van der Waals surface area contributed by atoms with Gasteiger partial charge in [-0.05, 0) is 69.4 Å². The van der Waals surface area contributed by atoms with Crippen molar-refractivity contribution in [3.8, 4) is 6.07 Å². The summed E-state index contributed by atoms with van der Waals surface area (Å²) in [5.41, 5.74) is 5.19. The molecule has 0 unspecified atom stereocenters. The van der Waals surface area contributed by atoms with Gasteiger partial charge in [-0.15, -0.1) is 11.6 Å². The number of nitriles is 1. The zero-order chi connectivity index (χ0) is 30.7. The summed E-state index contributed by atoms with van der Waals surface area (Å²) in [7, 11) is 0. The molecule has 2 saturated heterocycles. The van der Waals surface area contributed by atoms with Crippen molar-refractivity contribution in [1.29, 1.82) is 5.26 Å². The smallest absolute Gasteiger partial charge is 0.338 e. The number of benzene rings is 2. The van der Waals surface area contributed by atoms with Crippen LogP contribution in [0.3, 0.4) is 0 Å². The van der Waals surface area contributed by atoms with Crippen LogP contribution >= 0.6 is 11.6 Å². The van der Waals surface area contributed by atoms with Crippen LogP contribution in [0.5, 0.6) is 0 Å². The number of alkyl halides is 1. The average molecular weight is 593 g/mol. The van der Waals surface area contributed by atoms with Crippen molar-refractivity contribution in [1.82, 2.24) is 9.88 Å². The van der Waals surface area contributed by atoms with E-state index in [1.54, 1.807) is 18.2 Å². The zero-order valence-corrected chi connectivity index (χ0v) is 26.6. The Morgan fingerprint density at radius 1 is 1.07 bits per heavy atom. The normalized spacial score (nSPS) is 17.0. The van der Waals surface area contributed by atoms with E-state index in [4.69, 9.17) is 16.3 Å². The third kappa shape index (κ3) is 7.29. The number of carboxylic acid groups (broad SMARTS) is 1. The number of carboxylic acids is 1. The maximum atomic E-state index is 12.4. The van der Waals surface area contributed by atoms with E-state index in [1.165, 1.54) is 11.3 Å². The van der Waals surface area contributed by atoms with E-state index in [2.05, 4.69) is 59.8 Å².